The van der Waals surface area contributed by atoms with Gasteiger partial charge in [-0.15, -0.1) is 0 Å². The molecule has 2 unspecified atom stereocenters. The minimum absolute atomic E-state index is 0.0411. The summed E-state index contributed by atoms with van der Waals surface area (Å²) in [5.74, 6) is -0.0411. The Morgan fingerprint density at radius 1 is 1.29 bits per heavy atom. The van der Waals surface area contributed by atoms with E-state index in [9.17, 15) is 5.11 Å². The van der Waals surface area contributed by atoms with Crippen LogP contribution in [0.15, 0.2) is 12.1 Å². The van der Waals surface area contributed by atoms with Gasteiger partial charge >= 0.3 is 0 Å². The molecule has 1 aromatic carbocycles. The van der Waals surface area contributed by atoms with Crippen molar-refractivity contribution in [3.63, 3.8) is 0 Å². The van der Waals surface area contributed by atoms with E-state index in [1.165, 1.54) is 12.1 Å². The van der Waals surface area contributed by atoms with Gasteiger partial charge < -0.3 is 15.9 Å². The molecule has 5 heteroatoms. The van der Waals surface area contributed by atoms with Crippen LogP contribution in [0.5, 0.6) is 5.75 Å². The molecule has 78 valence electrons. The third-order valence-corrected chi connectivity index (χ3v) is 2.48. The monoisotopic (exact) mass is 235 g/mol. The highest BCUT2D eigenvalue weighted by molar-refractivity contribution is 6.36. The lowest BCUT2D eigenvalue weighted by Gasteiger charge is -2.17. The van der Waals surface area contributed by atoms with E-state index in [4.69, 9.17) is 34.0 Å². The number of halogens is 2. The van der Waals surface area contributed by atoms with Gasteiger partial charge in [0.15, 0.2) is 0 Å². The predicted molar refractivity (Wildman–Crippen MR) is 56.7 cm³/mol. The van der Waals surface area contributed by atoms with Crippen molar-refractivity contribution in [1.29, 1.82) is 0 Å². The fourth-order valence-corrected chi connectivity index (χ4v) is 1.82. The van der Waals surface area contributed by atoms with Crippen LogP contribution in [-0.4, -0.2) is 16.3 Å². The lowest BCUT2D eigenvalue weighted by Crippen LogP contribution is -2.24. The predicted octanol–water partition coefficient (Wildman–Crippen LogP) is 2.08. The van der Waals surface area contributed by atoms with Crippen molar-refractivity contribution in [2.75, 3.05) is 0 Å². The van der Waals surface area contributed by atoms with Gasteiger partial charge in [0.05, 0.1) is 16.1 Å². The number of aliphatic hydroxyl groups excluding tert-OH is 1. The van der Waals surface area contributed by atoms with Crippen molar-refractivity contribution in [2.24, 2.45) is 5.73 Å². The van der Waals surface area contributed by atoms with E-state index < -0.39 is 12.1 Å². The maximum Gasteiger partial charge on any atom is 0.118 e. The van der Waals surface area contributed by atoms with Gasteiger partial charge in [0.2, 0.25) is 0 Å². The van der Waals surface area contributed by atoms with Crippen LogP contribution < -0.4 is 5.73 Å². The highest BCUT2D eigenvalue weighted by Crippen LogP contribution is 2.34. The lowest BCUT2D eigenvalue weighted by atomic mass is 10.0. The van der Waals surface area contributed by atoms with Crippen LogP contribution >= 0.6 is 23.2 Å². The molecule has 0 spiro atoms. The zero-order valence-electron chi connectivity index (χ0n) is 7.54. The number of rotatable bonds is 2. The van der Waals surface area contributed by atoms with Crippen molar-refractivity contribution in [3.8, 4) is 5.75 Å². The average Bonchev–Trinajstić information content (AvgIpc) is 2.01. The normalized spacial score (nSPS) is 15.2. The van der Waals surface area contributed by atoms with Crippen molar-refractivity contribution >= 4 is 23.2 Å². The zero-order chi connectivity index (χ0) is 10.9. The van der Waals surface area contributed by atoms with E-state index in [1.807, 2.05) is 0 Å². The molecule has 0 fully saturated rings. The molecule has 0 saturated heterocycles. The van der Waals surface area contributed by atoms with Gasteiger partial charge in [-0.3, -0.25) is 0 Å². The third kappa shape index (κ3) is 2.30. The maximum atomic E-state index is 9.67. The molecule has 0 aliphatic carbocycles. The summed E-state index contributed by atoms with van der Waals surface area (Å²) in [6.07, 6.45) is -0.935. The molecule has 0 aliphatic rings. The van der Waals surface area contributed by atoms with Gasteiger partial charge in [0, 0.05) is 11.6 Å². The van der Waals surface area contributed by atoms with Crippen molar-refractivity contribution < 1.29 is 10.2 Å². The minimum Gasteiger partial charge on any atom is -0.508 e. The van der Waals surface area contributed by atoms with E-state index >= 15 is 0 Å². The summed E-state index contributed by atoms with van der Waals surface area (Å²) >= 11 is 11.6. The first-order valence-electron chi connectivity index (χ1n) is 4.05. The fourth-order valence-electron chi connectivity index (χ4n) is 1.12. The Bertz CT molecular complexity index is 319. The quantitative estimate of drug-likeness (QED) is 0.736. The van der Waals surface area contributed by atoms with Crippen LogP contribution in [0.2, 0.25) is 10.0 Å². The Kier molecular flexibility index (Phi) is 3.61. The molecule has 4 N–H and O–H groups in total. The van der Waals surface area contributed by atoms with Crippen LogP contribution in [0.1, 0.15) is 18.6 Å². The molecule has 0 heterocycles. The average molecular weight is 236 g/mol. The molecule has 2 atom stereocenters. The first kappa shape index (κ1) is 11.6. The second-order valence-corrected chi connectivity index (χ2v) is 3.94. The van der Waals surface area contributed by atoms with Crippen molar-refractivity contribution in [2.45, 2.75) is 19.1 Å². The summed E-state index contributed by atoms with van der Waals surface area (Å²) in [4.78, 5) is 0. The Morgan fingerprint density at radius 2 is 1.71 bits per heavy atom. The van der Waals surface area contributed by atoms with Gasteiger partial charge in [-0.2, -0.15) is 0 Å². The highest BCUT2D eigenvalue weighted by Gasteiger charge is 2.19. The number of phenols is 1. The molecular weight excluding hydrogens is 225 g/mol. The van der Waals surface area contributed by atoms with E-state index in [2.05, 4.69) is 0 Å². The highest BCUT2D eigenvalue weighted by atomic mass is 35.5. The van der Waals surface area contributed by atoms with Crippen LogP contribution in [-0.2, 0) is 0 Å². The van der Waals surface area contributed by atoms with Crippen LogP contribution in [0.25, 0.3) is 0 Å². The summed E-state index contributed by atoms with van der Waals surface area (Å²) < 4.78 is 0. The summed E-state index contributed by atoms with van der Waals surface area (Å²) in [5.41, 5.74) is 5.86. The molecule has 0 amide bonds. The number of hydrogen-bond donors (Lipinski definition) is 3. The SMILES string of the molecule is CC(N)C(O)c1c(Cl)cc(O)cc1Cl. The molecule has 0 aliphatic heterocycles. The van der Waals surface area contributed by atoms with Crippen LogP contribution in [0.4, 0.5) is 0 Å². The number of phenolic OH excluding ortho intramolecular Hbond substituents is 1. The molecular formula is C9H11Cl2NO2. The molecule has 0 bridgehead atoms. The molecule has 0 saturated carbocycles. The number of nitrogens with two attached hydrogens (primary N) is 1. The number of aromatic hydroxyl groups is 1. The first-order valence-corrected chi connectivity index (χ1v) is 4.80. The standard InChI is InChI=1S/C9H11Cl2NO2/c1-4(12)9(14)8-6(10)2-5(13)3-7(8)11/h2-4,9,13-14H,12H2,1H3. The van der Waals surface area contributed by atoms with Gasteiger partial charge in [-0.1, -0.05) is 23.2 Å². The molecule has 1 rings (SSSR count). The third-order valence-electron chi connectivity index (χ3n) is 1.86. The van der Waals surface area contributed by atoms with E-state index in [1.54, 1.807) is 6.92 Å². The van der Waals surface area contributed by atoms with Gasteiger partial charge in [0.25, 0.3) is 0 Å². The van der Waals surface area contributed by atoms with Gasteiger partial charge in [-0.25, -0.2) is 0 Å². The first-order chi connectivity index (χ1) is 6.43. The van der Waals surface area contributed by atoms with E-state index in [0.29, 0.717) is 5.56 Å². The van der Waals surface area contributed by atoms with E-state index in [-0.39, 0.29) is 15.8 Å². The van der Waals surface area contributed by atoms with Crippen LogP contribution in [0.3, 0.4) is 0 Å². The van der Waals surface area contributed by atoms with Crippen LogP contribution in [0, 0.1) is 0 Å². The maximum absolute atomic E-state index is 9.67. The Morgan fingerprint density at radius 3 is 2.07 bits per heavy atom. The Labute approximate surface area is 92.1 Å². The van der Waals surface area contributed by atoms with Crippen molar-refractivity contribution in [3.05, 3.63) is 27.7 Å². The molecule has 1 aromatic rings. The van der Waals surface area contributed by atoms with E-state index in [0.717, 1.165) is 0 Å². The minimum atomic E-state index is -0.935. The summed E-state index contributed by atoms with van der Waals surface area (Å²) in [6.45, 7) is 1.64. The number of benzene rings is 1. The second-order valence-electron chi connectivity index (χ2n) is 3.13. The summed E-state index contributed by atoms with van der Waals surface area (Å²) in [7, 11) is 0. The topological polar surface area (TPSA) is 66.5 Å². The van der Waals surface area contributed by atoms with Gasteiger partial charge in [-0.05, 0) is 19.1 Å². The smallest absolute Gasteiger partial charge is 0.118 e. The fraction of sp³-hybridized carbons (Fsp3) is 0.333. The second kappa shape index (κ2) is 4.36. The molecule has 0 aromatic heterocycles. The molecule has 0 radical (unpaired) electrons. The molecule has 3 nitrogen and oxygen atoms in total. The lowest BCUT2D eigenvalue weighted by molar-refractivity contribution is 0.153. The zero-order valence-corrected chi connectivity index (χ0v) is 9.05. The van der Waals surface area contributed by atoms with Gasteiger partial charge in [0.1, 0.15) is 5.75 Å². The molecule has 14 heavy (non-hydrogen) atoms. The largest absolute Gasteiger partial charge is 0.508 e. The van der Waals surface area contributed by atoms with Crippen molar-refractivity contribution in [1.82, 2.24) is 0 Å². The number of aliphatic hydroxyl groups is 1. The number of hydrogen-bond acceptors (Lipinski definition) is 3. The summed E-state index contributed by atoms with van der Waals surface area (Å²) in [6, 6.07) is 2.15. The summed E-state index contributed by atoms with van der Waals surface area (Å²) in [5, 5.41) is 19.2. The Balaban J connectivity index is 3.20. The Hall–Kier alpha value is -0.480.